The maximum Gasteiger partial charge on any atom is 0.247 e. The van der Waals surface area contributed by atoms with Gasteiger partial charge in [-0.3, -0.25) is 4.79 Å². The number of nitrogens with one attached hydrogen (secondary N) is 1. The molecule has 1 unspecified atom stereocenters. The molecule has 1 heterocycles. The van der Waals surface area contributed by atoms with Gasteiger partial charge in [-0.25, -0.2) is 4.98 Å². The monoisotopic (exact) mass is 473 g/mol. The Kier molecular flexibility index (Phi) is 4.47. The zero-order valence-electron chi connectivity index (χ0n) is 18.9. The Balaban J connectivity index is 1.24. The van der Waals surface area contributed by atoms with Crippen molar-refractivity contribution in [1.82, 2.24) is 4.98 Å². The third-order valence-corrected chi connectivity index (χ3v) is 8.39. The highest BCUT2D eigenvalue weighted by Crippen LogP contribution is 2.56. The molecule has 5 aromatic rings. The molecule has 0 saturated heterocycles. The number of thiazole rings is 1. The van der Waals surface area contributed by atoms with E-state index in [-0.39, 0.29) is 17.7 Å². The smallest absolute Gasteiger partial charge is 0.247 e. The van der Waals surface area contributed by atoms with Gasteiger partial charge in [0.25, 0.3) is 0 Å². The highest BCUT2D eigenvalue weighted by Gasteiger charge is 2.54. The first-order valence-electron chi connectivity index (χ1n) is 11.8. The fraction of sp³-hybridized carbons (Fsp3) is 0.133. The van der Waals surface area contributed by atoms with E-state index in [4.69, 9.17) is 10.7 Å². The molecule has 1 atom stereocenters. The first-order valence-corrected chi connectivity index (χ1v) is 12.7. The lowest BCUT2D eigenvalue weighted by molar-refractivity contribution is -0.122. The van der Waals surface area contributed by atoms with E-state index in [9.17, 15) is 4.79 Å². The maximum atomic E-state index is 13.8. The van der Waals surface area contributed by atoms with Crippen LogP contribution in [0.2, 0.25) is 0 Å². The average Bonchev–Trinajstić information content (AvgIpc) is 3.36. The van der Waals surface area contributed by atoms with Crippen molar-refractivity contribution in [2.24, 2.45) is 5.73 Å². The first kappa shape index (κ1) is 20.6. The molecule has 3 N–H and O–H groups in total. The molecule has 3 aliphatic rings. The van der Waals surface area contributed by atoms with Gasteiger partial charge in [0.15, 0.2) is 5.13 Å². The molecule has 2 bridgehead atoms. The quantitative estimate of drug-likeness (QED) is 0.324. The third kappa shape index (κ3) is 3.02. The first-order chi connectivity index (χ1) is 17.1. The lowest BCUT2D eigenvalue weighted by atomic mass is 9.55. The van der Waals surface area contributed by atoms with Gasteiger partial charge >= 0.3 is 0 Å². The van der Waals surface area contributed by atoms with Gasteiger partial charge in [0.05, 0.1) is 5.69 Å². The number of hydrogen-bond donors (Lipinski definition) is 2. The average molecular weight is 474 g/mol. The minimum Gasteiger partial charge on any atom is -0.317 e. The van der Waals surface area contributed by atoms with Crippen LogP contribution in [0.1, 0.15) is 40.5 Å². The van der Waals surface area contributed by atoms with Crippen LogP contribution in [0.25, 0.3) is 22.0 Å². The summed E-state index contributed by atoms with van der Waals surface area (Å²) in [7, 11) is 0. The fourth-order valence-corrected chi connectivity index (χ4v) is 6.79. The molecule has 0 saturated carbocycles. The second-order valence-corrected chi connectivity index (χ2v) is 10.4. The molecule has 4 aromatic carbocycles. The third-order valence-electron chi connectivity index (χ3n) is 7.63. The highest BCUT2D eigenvalue weighted by molar-refractivity contribution is 7.14. The zero-order chi connectivity index (χ0) is 23.6. The molecule has 4 nitrogen and oxygen atoms in total. The van der Waals surface area contributed by atoms with E-state index >= 15 is 0 Å². The van der Waals surface area contributed by atoms with Crippen molar-refractivity contribution >= 4 is 33.1 Å². The van der Waals surface area contributed by atoms with Crippen LogP contribution in [0.4, 0.5) is 5.13 Å². The predicted octanol–water partition coefficient (Wildman–Crippen LogP) is 6.28. The van der Waals surface area contributed by atoms with Gasteiger partial charge in [-0.2, -0.15) is 0 Å². The number of rotatable bonds is 3. The standard InChI is InChI=1S/C30H23N3OS/c31-30(16-25-20-11-3-5-13-23(20)27(30)24-14-6-4-12-21(24)25)28(34)33-29-32-26(17-35-29)22-15-7-9-18-8-1-2-10-19(18)22/h1-15,17,25,27H,16,31H2,(H,32,33,34). The number of aromatic nitrogens is 1. The van der Waals surface area contributed by atoms with Crippen molar-refractivity contribution in [3.05, 3.63) is 119 Å². The number of anilines is 1. The summed E-state index contributed by atoms with van der Waals surface area (Å²) < 4.78 is 0. The molecule has 1 amide bonds. The zero-order valence-corrected chi connectivity index (χ0v) is 19.8. The van der Waals surface area contributed by atoms with Gasteiger partial charge < -0.3 is 11.1 Å². The van der Waals surface area contributed by atoms with Crippen molar-refractivity contribution in [3.63, 3.8) is 0 Å². The summed E-state index contributed by atoms with van der Waals surface area (Å²) >= 11 is 1.44. The molecule has 5 heteroatoms. The van der Waals surface area contributed by atoms with Gasteiger partial charge in [-0.1, -0.05) is 91.0 Å². The number of carbonyl (C=O) groups excluding carboxylic acids is 1. The van der Waals surface area contributed by atoms with Crippen LogP contribution in [-0.4, -0.2) is 16.4 Å². The molecule has 0 fully saturated rings. The van der Waals surface area contributed by atoms with Crippen LogP contribution >= 0.6 is 11.3 Å². The minimum absolute atomic E-state index is 0.116. The Morgan fingerprint density at radius 2 is 1.49 bits per heavy atom. The van der Waals surface area contributed by atoms with Gasteiger partial charge in [-0.15, -0.1) is 11.3 Å². The van der Waals surface area contributed by atoms with Gasteiger partial charge in [0.1, 0.15) is 5.54 Å². The van der Waals surface area contributed by atoms with Crippen molar-refractivity contribution in [2.45, 2.75) is 23.8 Å². The lowest BCUT2D eigenvalue weighted by Crippen LogP contribution is -2.60. The van der Waals surface area contributed by atoms with E-state index in [0.717, 1.165) is 27.8 Å². The number of carbonyl (C=O) groups is 1. The molecular weight excluding hydrogens is 450 g/mol. The second-order valence-electron chi connectivity index (χ2n) is 9.51. The Morgan fingerprint density at radius 1 is 0.857 bits per heavy atom. The Bertz CT molecular complexity index is 1570. The maximum absolute atomic E-state index is 13.8. The normalized spacial score (nSPS) is 22.0. The Morgan fingerprint density at radius 3 is 2.23 bits per heavy atom. The van der Waals surface area contributed by atoms with Crippen LogP contribution in [0.5, 0.6) is 0 Å². The summed E-state index contributed by atoms with van der Waals surface area (Å²) in [6.45, 7) is 0. The van der Waals surface area contributed by atoms with E-state index in [1.165, 1.54) is 27.8 Å². The van der Waals surface area contributed by atoms with Gasteiger partial charge in [-0.05, 0) is 39.4 Å². The number of nitrogens with two attached hydrogens (primary N) is 1. The number of nitrogens with zero attached hydrogens (tertiary/aromatic N) is 1. The Labute approximate surface area is 207 Å². The summed E-state index contributed by atoms with van der Waals surface area (Å²) in [4.78, 5) is 18.6. The van der Waals surface area contributed by atoms with Crippen LogP contribution in [0.15, 0.2) is 96.4 Å². The van der Waals surface area contributed by atoms with Crippen LogP contribution < -0.4 is 11.1 Å². The van der Waals surface area contributed by atoms with Gasteiger partial charge in [0, 0.05) is 22.8 Å². The summed E-state index contributed by atoms with van der Waals surface area (Å²) in [5.74, 6) is -0.238. The van der Waals surface area contributed by atoms with Crippen LogP contribution in [0, 0.1) is 0 Å². The van der Waals surface area contributed by atoms with Crippen LogP contribution in [0.3, 0.4) is 0 Å². The molecule has 3 aliphatic carbocycles. The van der Waals surface area contributed by atoms with Crippen LogP contribution in [-0.2, 0) is 4.79 Å². The van der Waals surface area contributed by atoms with E-state index in [2.05, 4.69) is 66.0 Å². The summed E-state index contributed by atoms with van der Waals surface area (Å²) in [6.07, 6.45) is 0.582. The predicted molar refractivity (Wildman–Crippen MR) is 142 cm³/mol. The molecule has 0 radical (unpaired) electrons. The number of hydrogen-bond acceptors (Lipinski definition) is 4. The fourth-order valence-electron chi connectivity index (χ4n) is 6.09. The molecule has 0 aliphatic heterocycles. The Hall–Kier alpha value is -3.80. The van der Waals surface area contributed by atoms with Crippen molar-refractivity contribution in [2.75, 3.05) is 5.32 Å². The minimum atomic E-state index is -1.04. The van der Waals surface area contributed by atoms with E-state index < -0.39 is 5.54 Å². The van der Waals surface area contributed by atoms with E-state index in [1.54, 1.807) is 0 Å². The number of fused-ring (bicyclic) bond motifs is 2. The molecule has 170 valence electrons. The summed E-state index contributed by atoms with van der Waals surface area (Å²) in [5.41, 5.74) is 12.8. The summed E-state index contributed by atoms with van der Waals surface area (Å²) in [5, 5.41) is 7.96. The molecule has 35 heavy (non-hydrogen) atoms. The van der Waals surface area contributed by atoms with Crippen molar-refractivity contribution < 1.29 is 4.79 Å². The molecule has 8 rings (SSSR count). The molecule has 1 aromatic heterocycles. The largest absolute Gasteiger partial charge is 0.317 e. The lowest BCUT2D eigenvalue weighted by Gasteiger charge is -2.50. The van der Waals surface area contributed by atoms with Gasteiger partial charge in [0.2, 0.25) is 5.91 Å². The number of benzene rings is 4. The SMILES string of the molecule is NC1(C(=O)Nc2nc(-c3cccc4ccccc34)cs2)CC2c3ccccc3C1c1ccccc12. The topological polar surface area (TPSA) is 68.0 Å². The van der Waals surface area contributed by atoms with Crippen molar-refractivity contribution in [1.29, 1.82) is 0 Å². The van der Waals surface area contributed by atoms with E-state index in [1.807, 2.05) is 35.7 Å². The van der Waals surface area contributed by atoms with Crippen molar-refractivity contribution in [3.8, 4) is 11.3 Å². The molecular formula is C30H23N3OS. The second kappa shape index (κ2) is 7.60. The highest BCUT2D eigenvalue weighted by atomic mass is 32.1. The summed E-state index contributed by atoms with van der Waals surface area (Å²) in [6, 6.07) is 31.3. The molecule has 0 spiro atoms. The number of amides is 1. The van der Waals surface area contributed by atoms with E-state index in [0.29, 0.717) is 11.6 Å².